The van der Waals surface area contributed by atoms with Crippen LogP contribution >= 0.6 is 11.8 Å². The molecule has 1 aliphatic rings. The molecule has 0 bridgehead atoms. The Morgan fingerprint density at radius 1 is 1.10 bits per heavy atom. The van der Waals surface area contributed by atoms with Crippen LogP contribution in [0.15, 0.2) is 48.5 Å². The molecule has 1 fully saturated rings. The van der Waals surface area contributed by atoms with Gasteiger partial charge in [0.2, 0.25) is 5.91 Å². The van der Waals surface area contributed by atoms with Crippen LogP contribution in [-0.4, -0.2) is 46.5 Å². The number of benzene rings is 2. The third-order valence-electron chi connectivity index (χ3n) is 5.68. The van der Waals surface area contributed by atoms with Crippen molar-refractivity contribution in [3.05, 3.63) is 71.0 Å². The molecule has 1 saturated heterocycles. The van der Waals surface area contributed by atoms with Gasteiger partial charge in [0.05, 0.1) is 5.25 Å². The van der Waals surface area contributed by atoms with Crippen LogP contribution in [0.1, 0.15) is 61.5 Å². The molecule has 6 heteroatoms. The summed E-state index contributed by atoms with van der Waals surface area (Å²) in [6.07, 6.45) is 0. The van der Waals surface area contributed by atoms with E-state index in [0.717, 1.165) is 5.56 Å². The maximum atomic E-state index is 13.2. The fraction of sp³-hybridized carbons (Fsp3) is 0.440. The van der Waals surface area contributed by atoms with E-state index in [0.29, 0.717) is 25.2 Å². The third-order valence-corrected chi connectivity index (χ3v) is 7.07. The summed E-state index contributed by atoms with van der Waals surface area (Å²) < 4.78 is 13.2. The molecule has 2 aromatic rings. The van der Waals surface area contributed by atoms with Crippen molar-refractivity contribution in [2.24, 2.45) is 0 Å². The zero-order valence-electron chi connectivity index (χ0n) is 18.9. The minimum absolute atomic E-state index is 0.0591. The van der Waals surface area contributed by atoms with E-state index in [1.165, 1.54) is 29.8 Å². The van der Waals surface area contributed by atoms with Crippen molar-refractivity contribution < 1.29 is 14.0 Å². The van der Waals surface area contributed by atoms with E-state index in [-0.39, 0.29) is 33.7 Å². The van der Waals surface area contributed by atoms with Gasteiger partial charge >= 0.3 is 0 Å². The minimum Gasteiger partial charge on any atom is -0.337 e. The average molecular weight is 443 g/mol. The number of carbonyl (C=O) groups excluding carboxylic acids is 2. The van der Waals surface area contributed by atoms with E-state index < -0.39 is 0 Å². The molecular weight excluding hydrogens is 411 g/mol. The summed E-state index contributed by atoms with van der Waals surface area (Å²) in [5.74, 6) is -0.422. The molecule has 0 spiro atoms. The summed E-state index contributed by atoms with van der Waals surface area (Å²) in [4.78, 5) is 29.2. The average Bonchev–Trinajstić information content (AvgIpc) is 3.02. The van der Waals surface area contributed by atoms with Crippen molar-refractivity contribution in [2.45, 2.75) is 50.7 Å². The van der Waals surface area contributed by atoms with E-state index in [2.05, 4.69) is 45.0 Å². The maximum absolute atomic E-state index is 13.2. The Hall–Kier alpha value is -2.34. The van der Waals surface area contributed by atoms with Gasteiger partial charge in [-0.3, -0.25) is 9.59 Å². The molecule has 1 aliphatic heterocycles. The summed E-state index contributed by atoms with van der Waals surface area (Å²) in [5.41, 5.74) is 2.89. The molecule has 3 rings (SSSR count). The van der Waals surface area contributed by atoms with Crippen molar-refractivity contribution >= 4 is 23.6 Å². The Bertz CT molecular complexity index is 922. The molecule has 2 atom stereocenters. The van der Waals surface area contributed by atoms with Gasteiger partial charge in [-0.25, -0.2) is 4.39 Å². The number of amides is 2. The van der Waals surface area contributed by atoms with Crippen LogP contribution in [0.25, 0.3) is 0 Å². The smallest absolute Gasteiger partial charge is 0.253 e. The molecule has 4 nitrogen and oxygen atoms in total. The van der Waals surface area contributed by atoms with Crippen LogP contribution in [-0.2, 0) is 10.2 Å². The lowest BCUT2D eigenvalue weighted by atomic mass is 9.86. The second kappa shape index (κ2) is 9.43. The predicted octanol–water partition coefficient (Wildman–Crippen LogP) is 5.25. The first-order chi connectivity index (χ1) is 14.6. The lowest BCUT2D eigenvalue weighted by molar-refractivity contribution is -0.130. The maximum Gasteiger partial charge on any atom is 0.253 e. The SMILES string of the molecule is CCN(CCN1C(=O)C(C)SC1c1ccc(C(C)(C)C)cc1)C(=O)c1ccc(F)cc1. The highest BCUT2D eigenvalue weighted by Crippen LogP contribution is 2.43. The largest absolute Gasteiger partial charge is 0.337 e. The van der Waals surface area contributed by atoms with Crippen LogP contribution < -0.4 is 0 Å². The fourth-order valence-electron chi connectivity index (χ4n) is 3.71. The Morgan fingerprint density at radius 3 is 2.26 bits per heavy atom. The van der Waals surface area contributed by atoms with Crippen molar-refractivity contribution in [3.63, 3.8) is 0 Å². The quantitative estimate of drug-likeness (QED) is 0.614. The van der Waals surface area contributed by atoms with Crippen molar-refractivity contribution in [2.75, 3.05) is 19.6 Å². The molecule has 0 N–H and O–H groups in total. The molecule has 0 aromatic heterocycles. The second-order valence-electron chi connectivity index (χ2n) is 8.93. The number of hydrogen-bond donors (Lipinski definition) is 0. The molecule has 1 heterocycles. The Balaban J connectivity index is 1.73. The van der Waals surface area contributed by atoms with Gasteiger partial charge in [0.1, 0.15) is 11.2 Å². The number of nitrogens with zero attached hydrogens (tertiary/aromatic N) is 2. The minimum atomic E-state index is -0.367. The van der Waals surface area contributed by atoms with E-state index in [1.54, 1.807) is 16.7 Å². The molecule has 31 heavy (non-hydrogen) atoms. The van der Waals surface area contributed by atoms with E-state index in [1.807, 2.05) is 18.7 Å². The number of likely N-dealkylation sites (N-methyl/N-ethyl adjacent to an activating group) is 1. The zero-order valence-corrected chi connectivity index (χ0v) is 19.7. The standard InChI is InChI=1S/C25H31FN2O2S/c1-6-27(23(30)18-9-13-21(26)14-10-18)15-16-28-22(29)17(2)31-24(28)19-7-11-20(12-8-19)25(3,4)5/h7-14,17,24H,6,15-16H2,1-5H3. The highest BCUT2D eigenvalue weighted by Gasteiger charge is 2.38. The fourth-order valence-corrected chi connectivity index (χ4v) is 5.02. The number of halogens is 1. The molecule has 166 valence electrons. The summed E-state index contributed by atoms with van der Waals surface area (Å²) in [7, 11) is 0. The molecule has 0 saturated carbocycles. The molecule has 0 radical (unpaired) electrons. The summed E-state index contributed by atoms with van der Waals surface area (Å²) in [6, 6.07) is 14.1. The first-order valence-electron chi connectivity index (χ1n) is 10.7. The second-order valence-corrected chi connectivity index (χ2v) is 10.4. The molecule has 2 amide bonds. The molecule has 0 aliphatic carbocycles. The van der Waals surface area contributed by atoms with Gasteiger partial charge in [0.15, 0.2) is 0 Å². The number of hydrogen-bond acceptors (Lipinski definition) is 3. The van der Waals surface area contributed by atoms with Gasteiger partial charge in [0, 0.05) is 25.2 Å². The number of carbonyl (C=O) groups is 2. The van der Waals surface area contributed by atoms with Gasteiger partial charge in [0.25, 0.3) is 5.91 Å². The lowest BCUT2D eigenvalue weighted by Crippen LogP contribution is -2.40. The number of rotatable bonds is 6. The zero-order chi connectivity index (χ0) is 22.8. The first kappa shape index (κ1) is 23.3. The van der Waals surface area contributed by atoms with Crippen LogP contribution in [0.2, 0.25) is 0 Å². The summed E-state index contributed by atoms with van der Waals surface area (Å²) >= 11 is 1.65. The summed E-state index contributed by atoms with van der Waals surface area (Å²) in [5, 5.41) is -0.175. The van der Waals surface area contributed by atoms with Gasteiger partial charge in [-0.05, 0) is 54.7 Å². The van der Waals surface area contributed by atoms with Crippen LogP contribution in [0.4, 0.5) is 4.39 Å². The van der Waals surface area contributed by atoms with Gasteiger partial charge in [-0.2, -0.15) is 0 Å². The van der Waals surface area contributed by atoms with Crippen LogP contribution in [0, 0.1) is 5.82 Å². The van der Waals surface area contributed by atoms with Crippen LogP contribution in [0.5, 0.6) is 0 Å². The van der Waals surface area contributed by atoms with Gasteiger partial charge in [-0.15, -0.1) is 11.8 Å². The van der Waals surface area contributed by atoms with Crippen molar-refractivity contribution in [3.8, 4) is 0 Å². The highest BCUT2D eigenvalue weighted by molar-refractivity contribution is 8.01. The molecular formula is C25H31FN2O2S. The van der Waals surface area contributed by atoms with E-state index >= 15 is 0 Å². The predicted molar refractivity (Wildman–Crippen MR) is 125 cm³/mol. The molecule has 2 unspecified atom stereocenters. The Labute approximate surface area is 188 Å². The van der Waals surface area contributed by atoms with E-state index in [9.17, 15) is 14.0 Å². The van der Waals surface area contributed by atoms with Crippen LogP contribution in [0.3, 0.4) is 0 Å². The Kier molecular flexibility index (Phi) is 7.10. The summed E-state index contributed by atoms with van der Waals surface area (Å²) in [6.45, 7) is 11.8. The van der Waals surface area contributed by atoms with E-state index in [4.69, 9.17) is 0 Å². The van der Waals surface area contributed by atoms with Gasteiger partial charge < -0.3 is 9.80 Å². The normalized spacial score (nSPS) is 19.0. The van der Waals surface area contributed by atoms with Crippen molar-refractivity contribution in [1.82, 2.24) is 9.80 Å². The monoisotopic (exact) mass is 442 g/mol. The highest BCUT2D eigenvalue weighted by atomic mass is 32.2. The lowest BCUT2D eigenvalue weighted by Gasteiger charge is -2.29. The molecule has 2 aromatic carbocycles. The first-order valence-corrected chi connectivity index (χ1v) is 11.7. The number of thioether (sulfide) groups is 1. The Morgan fingerprint density at radius 2 is 1.71 bits per heavy atom. The topological polar surface area (TPSA) is 40.6 Å². The van der Waals surface area contributed by atoms with Gasteiger partial charge in [-0.1, -0.05) is 45.0 Å². The van der Waals surface area contributed by atoms with Crippen molar-refractivity contribution in [1.29, 1.82) is 0 Å². The third kappa shape index (κ3) is 5.29.